The van der Waals surface area contributed by atoms with Crippen LogP contribution in [0.3, 0.4) is 0 Å². The molecule has 0 fully saturated rings. The number of hydrogen-bond donors (Lipinski definition) is 0. The number of unbranched alkanes of at least 4 members (excludes halogenated alkanes) is 1. The maximum Gasteiger partial charge on any atom is 0.0692 e. The highest BCUT2D eigenvalue weighted by Crippen LogP contribution is 2.05. The van der Waals surface area contributed by atoms with Crippen molar-refractivity contribution in [2.24, 2.45) is 0 Å². The molecule has 77 valence electrons. The van der Waals surface area contributed by atoms with Crippen molar-refractivity contribution < 1.29 is 0 Å². The summed E-state index contributed by atoms with van der Waals surface area (Å²) in [5.74, 6) is 0. The van der Waals surface area contributed by atoms with Gasteiger partial charge in [-0.2, -0.15) is 0 Å². The second kappa shape index (κ2) is 5.24. The van der Waals surface area contributed by atoms with Crippen molar-refractivity contribution in [1.82, 2.24) is 20.0 Å². The molecule has 4 nitrogen and oxygen atoms in total. The van der Waals surface area contributed by atoms with Crippen molar-refractivity contribution >= 4 is 0 Å². The van der Waals surface area contributed by atoms with Gasteiger partial charge in [0.2, 0.25) is 0 Å². The van der Waals surface area contributed by atoms with Gasteiger partial charge in [-0.15, -0.1) is 5.10 Å². The van der Waals surface area contributed by atoms with E-state index in [1.165, 1.54) is 5.56 Å². The van der Waals surface area contributed by atoms with Crippen molar-refractivity contribution in [3.63, 3.8) is 0 Å². The Hall–Kier alpha value is -1.71. The fraction of sp³-hybridized carbons (Fsp3) is 0.273. The van der Waals surface area contributed by atoms with E-state index in [0.29, 0.717) is 0 Å². The molecule has 0 amide bonds. The molecular weight excluding hydrogens is 188 g/mol. The van der Waals surface area contributed by atoms with E-state index in [9.17, 15) is 0 Å². The first kappa shape index (κ1) is 9.83. The van der Waals surface area contributed by atoms with Crippen LogP contribution >= 0.6 is 0 Å². The van der Waals surface area contributed by atoms with Crippen LogP contribution in [0.15, 0.2) is 36.9 Å². The summed E-state index contributed by atoms with van der Waals surface area (Å²) in [5.41, 5.74) is 1.18. The maximum atomic E-state index is 4.05. The highest BCUT2D eigenvalue weighted by Gasteiger charge is 1.94. The fourth-order valence-corrected chi connectivity index (χ4v) is 1.37. The summed E-state index contributed by atoms with van der Waals surface area (Å²) in [5, 5.41) is 7.65. The van der Waals surface area contributed by atoms with Gasteiger partial charge in [0.25, 0.3) is 0 Å². The Labute approximate surface area is 89.0 Å². The van der Waals surface area contributed by atoms with Crippen molar-refractivity contribution in [1.29, 1.82) is 0 Å². The number of aryl methyl sites for hydroxylation is 1. The largest absolute Gasteiger partial charge is 0.264 e. The molecule has 2 rings (SSSR count). The molecule has 0 saturated heterocycles. The SMILES string of the molecule is [CH](CCCn1ccnn1)c1cccnc1. The Morgan fingerprint density at radius 3 is 3.07 bits per heavy atom. The first-order chi connectivity index (χ1) is 7.45. The molecule has 0 aromatic carbocycles. The third-order valence-electron chi connectivity index (χ3n) is 2.13. The Bertz CT molecular complexity index is 369. The van der Waals surface area contributed by atoms with Crippen molar-refractivity contribution in [3.05, 3.63) is 48.9 Å². The molecule has 2 aromatic heterocycles. The number of aromatic nitrogens is 4. The summed E-state index contributed by atoms with van der Waals surface area (Å²) >= 11 is 0. The molecule has 4 heteroatoms. The van der Waals surface area contributed by atoms with Crippen molar-refractivity contribution in [2.75, 3.05) is 0 Å². The van der Waals surface area contributed by atoms with Crippen molar-refractivity contribution in [2.45, 2.75) is 19.4 Å². The minimum Gasteiger partial charge on any atom is -0.264 e. The summed E-state index contributed by atoms with van der Waals surface area (Å²) in [4.78, 5) is 4.05. The Kier molecular flexibility index (Phi) is 3.43. The van der Waals surface area contributed by atoms with Gasteiger partial charge in [0.15, 0.2) is 0 Å². The van der Waals surface area contributed by atoms with E-state index in [4.69, 9.17) is 0 Å². The van der Waals surface area contributed by atoms with Crippen LogP contribution in [0, 0.1) is 6.42 Å². The van der Waals surface area contributed by atoms with Gasteiger partial charge in [0.1, 0.15) is 0 Å². The van der Waals surface area contributed by atoms with Crippen LogP contribution in [-0.4, -0.2) is 20.0 Å². The molecular formula is C11H13N4. The van der Waals surface area contributed by atoms with E-state index < -0.39 is 0 Å². The van der Waals surface area contributed by atoms with Crippen LogP contribution in [0.1, 0.15) is 18.4 Å². The predicted molar refractivity (Wildman–Crippen MR) is 56.9 cm³/mol. The molecule has 0 aliphatic heterocycles. The summed E-state index contributed by atoms with van der Waals surface area (Å²) in [6.45, 7) is 0.913. The van der Waals surface area contributed by atoms with E-state index in [1.54, 1.807) is 12.4 Å². The number of rotatable bonds is 5. The molecule has 2 heterocycles. The second-order valence-electron chi connectivity index (χ2n) is 3.30. The average molecular weight is 201 g/mol. The molecule has 0 saturated carbocycles. The Morgan fingerprint density at radius 2 is 2.33 bits per heavy atom. The Morgan fingerprint density at radius 1 is 1.33 bits per heavy atom. The molecule has 0 aliphatic carbocycles. The molecule has 0 aliphatic rings. The maximum absolute atomic E-state index is 4.05. The highest BCUT2D eigenvalue weighted by molar-refractivity contribution is 5.17. The van der Waals surface area contributed by atoms with E-state index in [-0.39, 0.29) is 0 Å². The van der Waals surface area contributed by atoms with Gasteiger partial charge >= 0.3 is 0 Å². The lowest BCUT2D eigenvalue weighted by atomic mass is 10.1. The van der Waals surface area contributed by atoms with Crippen LogP contribution in [0.5, 0.6) is 0 Å². The third kappa shape index (κ3) is 3.16. The van der Waals surface area contributed by atoms with Crippen LogP contribution in [-0.2, 0) is 6.54 Å². The average Bonchev–Trinajstić information content (AvgIpc) is 2.79. The number of pyridine rings is 1. The fourth-order valence-electron chi connectivity index (χ4n) is 1.37. The number of nitrogens with zero attached hydrogens (tertiary/aromatic N) is 4. The summed E-state index contributed by atoms with van der Waals surface area (Å²) in [7, 11) is 0. The normalized spacial score (nSPS) is 10.4. The Balaban J connectivity index is 1.68. The summed E-state index contributed by atoms with van der Waals surface area (Å²) in [6, 6.07) is 4.01. The van der Waals surface area contributed by atoms with Gasteiger partial charge in [-0.25, -0.2) is 0 Å². The quantitative estimate of drug-likeness (QED) is 0.691. The van der Waals surface area contributed by atoms with E-state index in [2.05, 4.69) is 27.8 Å². The van der Waals surface area contributed by atoms with E-state index in [1.807, 2.05) is 23.1 Å². The smallest absolute Gasteiger partial charge is 0.0692 e. The minimum atomic E-state index is 0.913. The van der Waals surface area contributed by atoms with Gasteiger partial charge < -0.3 is 0 Å². The molecule has 2 aromatic rings. The molecule has 0 bridgehead atoms. The van der Waals surface area contributed by atoms with Gasteiger partial charge in [-0.3, -0.25) is 9.67 Å². The molecule has 0 atom stereocenters. The zero-order valence-corrected chi connectivity index (χ0v) is 8.45. The van der Waals surface area contributed by atoms with E-state index in [0.717, 1.165) is 19.4 Å². The first-order valence-electron chi connectivity index (χ1n) is 5.02. The molecule has 1 radical (unpaired) electrons. The van der Waals surface area contributed by atoms with Crippen LogP contribution < -0.4 is 0 Å². The minimum absolute atomic E-state index is 0.913. The topological polar surface area (TPSA) is 43.6 Å². The molecule has 15 heavy (non-hydrogen) atoms. The first-order valence-corrected chi connectivity index (χ1v) is 5.02. The standard InChI is InChI=1S/C11H13N4/c1(2-8-15-9-7-13-14-15)4-11-5-3-6-12-10-11/h3-7,9-10H,1-2,8H2. The highest BCUT2D eigenvalue weighted by atomic mass is 15.4. The van der Waals surface area contributed by atoms with Crippen molar-refractivity contribution in [3.8, 4) is 0 Å². The number of hydrogen-bond acceptors (Lipinski definition) is 3. The zero-order chi connectivity index (χ0) is 10.3. The third-order valence-corrected chi connectivity index (χ3v) is 2.13. The summed E-state index contributed by atoms with van der Waals surface area (Å²) < 4.78 is 1.84. The predicted octanol–water partition coefficient (Wildman–Crippen LogP) is 1.71. The van der Waals surface area contributed by atoms with Crippen LogP contribution in [0.25, 0.3) is 0 Å². The van der Waals surface area contributed by atoms with Crippen LogP contribution in [0.4, 0.5) is 0 Å². The van der Waals surface area contributed by atoms with E-state index >= 15 is 0 Å². The molecule has 0 spiro atoms. The van der Waals surface area contributed by atoms with Gasteiger partial charge in [-0.1, -0.05) is 11.3 Å². The lowest BCUT2D eigenvalue weighted by Gasteiger charge is -2.00. The van der Waals surface area contributed by atoms with Crippen LogP contribution in [0.2, 0.25) is 0 Å². The molecule has 0 unspecified atom stereocenters. The second-order valence-corrected chi connectivity index (χ2v) is 3.30. The lowest BCUT2D eigenvalue weighted by molar-refractivity contribution is 0.558. The lowest BCUT2D eigenvalue weighted by Crippen LogP contribution is -1.99. The zero-order valence-electron chi connectivity index (χ0n) is 8.45. The van der Waals surface area contributed by atoms with Gasteiger partial charge in [0.05, 0.1) is 6.20 Å². The van der Waals surface area contributed by atoms with Gasteiger partial charge in [-0.05, 0) is 30.9 Å². The van der Waals surface area contributed by atoms with Gasteiger partial charge in [0, 0.05) is 25.1 Å². The monoisotopic (exact) mass is 201 g/mol. The molecule has 0 N–H and O–H groups in total. The summed E-state index contributed by atoms with van der Waals surface area (Å²) in [6.07, 6.45) is 11.5.